The summed E-state index contributed by atoms with van der Waals surface area (Å²) in [5.41, 5.74) is 0. The second-order valence-electron chi connectivity index (χ2n) is 6.41. The van der Waals surface area contributed by atoms with Gasteiger partial charge in [0.25, 0.3) is 0 Å². The average molecular weight is 271 g/mol. The molecule has 114 valence electrons. The Bertz CT molecular complexity index is 224. The lowest BCUT2D eigenvalue weighted by atomic mass is 10.3. The summed E-state index contributed by atoms with van der Waals surface area (Å²) in [6.45, 7) is 18.4. The Balaban J connectivity index is 2.65. The van der Waals surface area contributed by atoms with Crippen molar-refractivity contribution >= 4 is 0 Å². The van der Waals surface area contributed by atoms with E-state index < -0.39 is 0 Å². The summed E-state index contributed by atoms with van der Waals surface area (Å²) in [6, 6.07) is 1.20. The molecule has 0 aliphatic carbocycles. The van der Waals surface area contributed by atoms with E-state index in [4.69, 9.17) is 0 Å². The Hall–Kier alpha value is -0.160. The standard InChI is InChI=1S/C15H33N3O/c1-13(2)17-8-6-16(12-15(5)19)7-9-18(11-10-17)14(3)4/h13-15,19H,6-12H2,1-5H3. The topological polar surface area (TPSA) is 30.0 Å². The Labute approximate surface area is 119 Å². The molecule has 1 atom stereocenters. The minimum Gasteiger partial charge on any atom is -0.392 e. The van der Waals surface area contributed by atoms with Crippen LogP contribution in [0.15, 0.2) is 0 Å². The molecule has 1 saturated heterocycles. The van der Waals surface area contributed by atoms with Gasteiger partial charge >= 0.3 is 0 Å². The highest BCUT2D eigenvalue weighted by Gasteiger charge is 2.19. The van der Waals surface area contributed by atoms with Crippen LogP contribution in [0.2, 0.25) is 0 Å². The number of β-amino-alcohol motifs (C(OH)–C–C–N with tert-alkyl or cyclic N) is 1. The predicted octanol–water partition coefficient (Wildman–Crippen LogP) is 1.10. The summed E-state index contributed by atoms with van der Waals surface area (Å²) in [7, 11) is 0. The summed E-state index contributed by atoms with van der Waals surface area (Å²) in [5, 5.41) is 9.62. The van der Waals surface area contributed by atoms with Crippen LogP contribution in [0.5, 0.6) is 0 Å². The Morgan fingerprint density at radius 3 is 1.42 bits per heavy atom. The molecule has 4 heteroatoms. The lowest BCUT2D eigenvalue weighted by Gasteiger charge is -2.30. The Kier molecular flexibility index (Phi) is 7.29. The molecule has 1 rings (SSSR count). The van der Waals surface area contributed by atoms with E-state index in [-0.39, 0.29) is 6.10 Å². The molecule has 1 aliphatic rings. The molecule has 0 aromatic rings. The largest absolute Gasteiger partial charge is 0.392 e. The van der Waals surface area contributed by atoms with Crippen molar-refractivity contribution < 1.29 is 5.11 Å². The van der Waals surface area contributed by atoms with E-state index >= 15 is 0 Å². The highest BCUT2D eigenvalue weighted by Crippen LogP contribution is 2.07. The molecule has 0 bridgehead atoms. The van der Waals surface area contributed by atoms with Crippen molar-refractivity contribution in [3.05, 3.63) is 0 Å². The van der Waals surface area contributed by atoms with E-state index in [1.165, 1.54) is 0 Å². The van der Waals surface area contributed by atoms with Gasteiger partial charge in [-0.2, -0.15) is 0 Å². The third-order valence-electron chi connectivity index (χ3n) is 4.06. The molecule has 1 N–H and O–H groups in total. The third kappa shape index (κ3) is 6.21. The van der Waals surface area contributed by atoms with Crippen molar-refractivity contribution in [3.8, 4) is 0 Å². The molecule has 0 spiro atoms. The van der Waals surface area contributed by atoms with E-state index in [0.29, 0.717) is 12.1 Å². The van der Waals surface area contributed by atoms with E-state index in [1.54, 1.807) is 0 Å². The second kappa shape index (κ2) is 8.20. The SMILES string of the molecule is CC(O)CN1CCN(C(C)C)CCN(C(C)C)CC1. The van der Waals surface area contributed by atoms with Gasteiger partial charge in [-0.15, -0.1) is 0 Å². The van der Waals surface area contributed by atoms with E-state index in [1.807, 2.05) is 6.92 Å². The van der Waals surface area contributed by atoms with E-state index in [0.717, 1.165) is 45.8 Å². The van der Waals surface area contributed by atoms with Crippen LogP contribution < -0.4 is 0 Å². The monoisotopic (exact) mass is 271 g/mol. The van der Waals surface area contributed by atoms with Crippen LogP contribution in [0.25, 0.3) is 0 Å². The maximum Gasteiger partial charge on any atom is 0.0639 e. The minimum atomic E-state index is -0.235. The minimum absolute atomic E-state index is 0.235. The van der Waals surface area contributed by atoms with Gasteiger partial charge in [-0.25, -0.2) is 0 Å². The number of hydrogen-bond donors (Lipinski definition) is 1. The van der Waals surface area contributed by atoms with Gasteiger partial charge in [0.1, 0.15) is 0 Å². The van der Waals surface area contributed by atoms with Crippen LogP contribution in [0.1, 0.15) is 34.6 Å². The number of hydrogen-bond acceptors (Lipinski definition) is 4. The van der Waals surface area contributed by atoms with Crippen molar-refractivity contribution in [3.63, 3.8) is 0 Å². The van der Waals surface area contributed by atoms with Crippen molar-refractivity contribution in [2.45, 2.75) is 52.8 Å². The molecular formula is C15H33N3O. The zero-order valence-electron chi connectivity index (χ0n) is 13.5. The molecule has 1 unspecified atom stereocenters. The zero-order chi connectivity index (χ0) is 14.4. The second-order valence-corrected chi connectivity index (χ2v) is 6.41. The maximum absolute atomic E-state index is 9.62. The molecular weight excluding hydrogens is 238 g/mol. The van der Waals surface area contributed by atoms with Gasteiger partial charge in [0, 0.05) is 57.9 Å². The van der Waals surface area contributed by atoms with Gasteiger partial charge in [0.15, 0.2) is 0 Å². The fraction of sp³-hybridized carbons (Fsp3) is 1.00. The fourth-order valence-electron chi connectivity index (χ4n) is 2.72. The van der Waals surface area contributed by atoms with Gasteiger partial charge in [-0.05, 0) is 34.6 Å². The van der Waals surface area contributed by atoms with Crippen LogP contribution >= 0.6 is 0 Å². The fourth-order valence-corrected chi connectivity index (χ4v) is 2.72. The Morgan fingerprint density at radius 2 is 1.11 bits per heavy atom. The summed E-state index contributed by atoms with van der Waals surface area (Å²) < 4.78 is 0. The normalized spacial score (nSPS) is 23.4. The smallest absolute Gasteiger partial charge is 0.0639 e. The molecule has 0 aromatic heterocycles. The molecule has 1 aliphatic heterocycles. The summed E-state index contributed by atoms with van der Waals surface area (Å²) in [6.07, 6.45) is -0.235. The van der Waals surface area contributed by atoms with Crippen LogP contribution in [-0.2, 0) is 0 Å². The Morgan fingerprint density at radius 1 is 0.737 bits per heavy atom. The first-order valence-corrected chi connectivity index (χ1v) is 7.78. The first kappa shape index (κ1) is 16.9. The van der Waals surface area contributed by atoms with Gasteiger partial charge in [0.05, 0.1) is 6.10 Å². The summed E-state index contributed by atoms with van der Waals surface area (Å²) >= 11 is 0. The van der Waals surface area contributed by atoms with Crippen molar-refractivity contribution in [1.82, 2.24) is 14.7 Å². The molecule has 0 saturated carbocycles. The van der Waals surface area contributed by atoms with Crippen molar-refractivity contribution in [1.29, 1.82) is 0 Å². The zero-order valence-corrected chi connectivity index (χ0v) is 13.5. The third-order valence-corrected chi connectivity index (χ3v) is 4.06. The molecule has 19 heavy (non-hydrogen) atoms. The first-order valence-electron chi connectivity index (χ1n) is 7.78. The van der Waals surface area contributed by atoms with Gasteiger partial charge in [0.2, 0.25) is 0 Å². The molecule has 0 radical (unpaired) electrons. The highest BCUT2D eigenvalue weighted by atomic mass is 16.3. The molecule has 1 fully saturated rings. The highest BCUT2D eigenvalue weighted by molar-refractivity contribution is 4.75. The lowest BCUT2D eigenvalue weighted by Crippen LogP contribution is -2.41. The number of nitrogens with zero attached hydrogens (tertiary/aromatic N) is 3. The number of aliphatic hydroxyl groups excluding tert-OH is 1. The van der Waals surface area contributed by atoms with Crippen LogP contribution in [0.4, 0.5) is 0 Å². The number of rotatable bonds is 4. The summed E-state index contributed by atoms with van der Waals surface area (Å²) in [4.78, 5) is 7.51. The van der Waals surface area contributed by atoms with Crippen LogP contribution in [-0.4, -0.2) is 83.8 Å². The molecule has 0 amide bonds. The van der Waals surface area contributed by atoms with Gasteiger partial charge in [-0.1, -0.05) is 0 Å². The molecule has 1 heterocycles. The number of aliphatic hydroxyl groups is 1. The summed E-state index contributed by atoms with van der Waals surface area (Å²) in [5.74, 6) is 0. The maximum atomic E-state index is 9.62. The van der Waals surface area contributed by atoms with Crippen molar-refractivity contribution in [2.75, 3.05) is 45.8 Å². The van der Waals surface area contributed by atoms with E-state index in [2.05, 4.69) is 42.4 Å². The lowest BCUT2D eigenvalue weighted by molar-refractivity contribution is 0.112. The predicted molar refractivity (Wildman–Crippen MR) is 81.5 cm³/mol. The molecule has 4 nitrogen and oxygen atoms in total. The van der Waals surface area contributed by atoms with Gasteiger partial charge < -0.3 is 5.11 Å². The van der Waals surface area contributed by atoms with Gasteiger partial charge in [-0.3, -0.25) is 14.7 Å². The van der Waals surface area contributed by atoms with Crippen LogP contribution in [0, 0.1) is 0 Å². The average Bonchev–Trinajstić information content (AvgIpc) is 2.38. The van der Waals surface area contributed by atoms with E-state index in [9.17, 15) is 5.11 Å². The molecule has 0 aromatic carbocycles. The quantitative estimate of drug-likeness (QED) is 0.829. The van der Waals surface area contributed by atoms with Crippen molar-refractivity contribution in [2.24, 2.45) is 0 Å². The first-order chi connectivity index (χ1) is 8.90. The van der Waals surface area contributed by atoms with Crippen LogP contribution in [0.3, 0.4) is 0 Å².